The Morgan fingerprint density at radius 1 is 0.292 bits per heavy atom. The Morgan fingerprint density at radius 3 is 0.708 bits per heavy atom. The quantitative estimate of drug-likeness (QED) is 0.218. The van der Waals surface area contributed by atoms with E-state index < -0.39 is 11.0 Å². The molecule has 0 aliphatic carbocycles. The Morgan fingerprint density at radius 2 is 0.479 bits per heavy atom. The van der Waals surface area contributed by atoms with E-state index >= 15 is 0 Å². The van der Waals surface area contributed by atoms with Gasteiger partial charge in [-0.2, -0.15) is 0 Å². The highest BCUT2D eigenvalue weighted by atomic mass is 15.2. The minimum atomic E-state index is -2.14. The molecular weight excluding hydrogens is 557 g/mol. The first kappa shape index (κ1) is 37.1. The lowest BCUT2D eigenvalue weighted by atomic mass is 9.44. The summed E-state index contributed by atoms with van der Waals surface area (Å²) in [6.45, 7) is 5.59. The van der Waals surface area contributed by atoms with Gasteiger partial charge in [-0.1, -0.05) is 21.9 Å². The van der Waals surface area contributed by atoms with Crippen molar-refractivity contribution in [1.82, 2.24) is 0 Å². The molecule has 19 heteroatoms. The van der Waals surface area contributed by atoms with E-state index in [1.807, 2.05) is 20.8 Å². The Balaban J connectivity index is 2.40. The summed E-state index contributed by atoms with van der Waals surface area (Å²) in [4.78, 5) is 1.74. The van der Waals surface area contributed by atoms with Crippen molar-refractivity contribution in [2.45, 2.75) is 31.7 Å². The van der Waals surface area contributed by atoms with Gasteiger partial charge in [0.25, 0.3) is 0 Å². The van der Waals surface area contributed by atoms with Gasteiger partial charge in [0.1, 0.15) is 141 Å². The smallest absolute Gasteiger partial charge is 0.115 e. The molecule has 1 heterocycles. The van der Waals surface area contributed by atoms with Crippen molar-refractivity contribution in [2.24, 2.45) is 0 Å². The standard InChI is InChI=1S/C29H9B18N/c1-28(2,3)48-26-6(12(34)18(40)22(44)24(26)46)29(4-8(30)14(36)20(42)15(37)9(4)31,5-10(32)16(38)21(43)17(39)11(5)33)7-13(35)19(41)23(45)25(47)27(7)48/h1-3H3. The molecule has 5 rings (SSSR count). The fraction of sp³-hybridized carbons (Fsp3) is 0.172. The molecule has 0 amide bonds. The Labute approximate surface area is 308 Å². The molecule has 0 unspecified atom stereocenters. The van der Waals surface area contributed by atoms with Crippen LogP contribution in [-0.2, 0) is 5.41 Å². The lowest BCUT2D eigenvalue weighted by molar-refractivity contribution is 0.548. The topological polar surface area (TPSA) is 3.24 Å². The molecule has 0 spiro atoms. The van der Waals surface area contributed by atoms with Crippen LogP contribution in [0.1, 0.15) is 43.0 Å². The molecule has 1 aliphatic rings. The number of fused-ring (bicyclic) bond motifs is 2. The maximum absolute atomic E-state index is 7.00. The van der Waals surface area contributed by atoms with Gasteiger partial charge in [0, 0.05) is 16.9 Å². The van der Waals surface area contributed by atoms with Crippen molar-refractivity contribution in [1.29, 1.82) is 0 Å². The van der Waals surface area contributed by atoms with Gasteiger partial charge in [0.05, 0.1) is 5.41 Å². The van der Waals surface area contributed by atoms with Crippen LogP contribution in [0.5, 0.6) is 0 Å². The molecule has 4 aromatic rings. The maximum atomic E-state index is 7.00. The van der Waals surface area contributed by atoms with Crippen molar-refractivity contribution < 1.29 is 0 Å². The molecule has 0 saturated carbocycles. The van der Waals surface area contributed by atoms with Gasteiger partial charge in [-0.15, -0.1) is 76.5 Å². The monoisotopic (exact) mass is 569 g/mol. The summed E-state index contributed by atoms with van der Waals surface area (Å²) in [5, 5.41) is 0. The van der Waals surface area contributed by atoms with Crippen LogP contribution in [0.25, 0.3) is 0 Å². The van der Waals surface area contributed by atoms with E-state index in [1.165, 1.54) is 0 Å². The highest BCUT2D eigenvalue weighted by Crippen LogP contribution is 2.53. The predicted octanol–water partition coefficient (Wildman–Crippen LogP) is -14.4. The van der Waals surface area contributed by atoms with Crippen LogP contribution in [0.3, 0.4) is 0 Å². The van der Waals surface area contributed by atoms with Gasteiger partial charge in [-0.3, -0.25) is 0 Å². The van der Waals surface area contributed by atoms with E-state index in [0.717, 1.165) is 0 Å². The summed E-state index contributed by atoms with van der Waals surface area (Å²) in [7, 11) is 120. The van der Waals surface area contributed by atoms with Crippen molar-refractivity contribution in [3.8, 4) is 0 Å². The molecule has 0 aromatic heterocycles. The van der Waals surface area contributed by atoms with Crippen molar-refractivity contribution in [2.75, 3.05) is 4.90 Å². The number of rotatable bonds is 2. The lowest BCUT2D eigenvalue weighted by Gasteiger charge is -2.57. The predicted molar refractivity (Wildman–Crippen MR) is 224 cm³/mol. The highest BCUT2D eigenvalue weighted by molar-refractivity contribution is 6.71. The zero-order chi connectivity index (χ0) is 36.4. The van der Waals surface area contributed by atoms with E-state index in [1.54, 1.807) is 4.90 Å². The average Bonchev–Trinajstić information content (AvgIpc) is 3.02. The summed E-state index contributed by atoms with van der Waals surface area (Å²) >= 11 is 0. The molecule has 36 radical (unpaired) electrons. The number of hydrogen-bond acceptors (Lipinski definition) is 1. The number of anilines is 2. The summed E-state index contributed by atoms with van der Waals surface area (Å²) in [6.07, 6.45) is 0. The van der Waals surface area contributed by atoms with E-state index in [9.17, 15) is 0 Å². The fourth-order valence-electron chi connectivity index (χ4n) is 6.89. The third-order valence-electron chi connectivity index (χ3n) is 9.28. The summed E-state index contributed by atoms with van der Waals surface area (Å²) < 4.78 is 0. The van der Waals surface area contributed by atoms with Crippen LogP contribution in [0.15, 0.2) is 0 Å². The molecule has 0 atom stereocenters. The second-order valence-corrected chi connectivity index (χ2v) is 12.9. The van der Waals surface area contributed by atoms with Crippen LogP contribution in [0.2, 0.25) is 0 Å². The number of hydrogen-bond donors (Lipinski definition) is 0. The van der Waals surface area contributed by atoms with Gasteiger partial charge in [0.2, 0.25) is 0 Å². The van der Waals surface area contributed by atoms with Gasteiger partial charge in [-0.05, 0) is 43.0 Å². The lowest BCUT2D eigenvalue weighted by Crippen LogP contribution is -2.69. The van der Waals surface area contributed by atoms with Gasteiger partial charge in [0.15, 0.2) is 0 Å². The average molecular weight is 566 g/mol. The molecule has 0 saturated heterocycles. The van der Waals surface area contributed by atoms with Gasteiger partial charge in [-0.25, -0.2) is 0 Å². The van der Waals surface area contributed by atoms with Crippen molar-refractivity contribution in [3.05, 3.63) is 22.3 Å². The van der Waals surface area contributed by atoms with Gasteiger partial charge >= 0.3 is 0 Å². The Kier molecular flexibility index (Phi) is 9.26. The number of benzene rings is 4. The molecule has 1 aliphatic heterocycles. The van der Waals surface area contributed by atoms with Crippen LogP contribution < -0.4 is 103 Å². The van der Waals surface area contributed by atoms with E-state index in [-0.39, 0.29) is 132 Å². The fourth-order valence-corrected chi connectivity index (χ4v) is 6.89. The maximum Gasteiger partial charge on any atom is 0.115 e. The van der Waals surface area contributed by atoms with E-state index in [0.29, 0.717) is 0 Å². The van der Waals surface area contributed by atoms with Gasteiger partial charge < -0.3 is 4.90 Å². The zero-order valence-corrected chi connectivity index (χ0v) is 26.8. The second kappa shape index (κ2) is 12.0. The van der Waals surface area contributed by atoms with Crippen LogP contribution in [-0.4, -0.2) is 147 Å². The summed E-state index contributed by atoms with van der Waals surface area (Å²) in [5.74, 6) is 0. The molecule has 4 aromatic carbocycles. The molecular formula is C29H9B18N. The first-order valence-electron chi connectivity index (χ1n) is 14.4. The molecule has 0 fully saturated rings. The molecule has 1 nitrogen and oxygen atoms in total. The summed E-state index contributed by atoms with van der Waals surface area (Å²) in [5.41, 5.74) is -4.87. The SMILES string of the molecule is [B]c1c([B])c([B])c(C2(c3c([B])c([B])c([B])c([B])c3[B])c3c([B])c([B])c([B])c([B])c3N(C(C)(C)C)c3c([B])c([B])c([B])c([B])c32)c([B])c1[B]. The molecule has 0 bridgehead atoms. The largest absolute Gasteiger partial charge is 0.337 e. The van der Waals surface area contributed by atoms with Crippen molar-refractivity contribution in [3.63, 3.8) is 0 Å². The first-order chi connectivity index (χ1) is 22.0. The Bertz CT molecular complexity index is 1920. The van der Waals surface area contributed by atoms with Crippen LogP contribution in [0.4, 0.5) is 11.4 Å². The molecule has 184 valence electrons. The third kappa shape index (κ3) is 4.63. The summed E-state index contributed by atoms with van der Waals surface area (Å²) in [6, 6.07) is 0. The van der Waals surface area contributed by atoms with Crippen LogP contribution in [0, 0.1) is 0 Å². The van der Waals surface area contributed by atoms with Crippen molar-refractivity contribution >= 4 is 251 Å². The number of nitrogens with zero attached hydrogens (tertiary/aromatic N) is 1. The zero-order valence-electron chi connectivity index (χ0n) is 26.8. The minimum Gasteiger partial charge on any atom is -0.337 e. The molecule has 0 N–H and O–H groups in total. The first-order valence-corrected chi connectivity index (χ1v) is 14.4. The second-order valence-electron chi connectivity index (χ2n) is 12.9. The molecule has 48 heavy (non-hydrogen) atoms. The normalized spacial score (nSPS) is 13.7. The Hall–Kier alpha value is -2.15. The van der Waals surface area contributed by atoms with E-state index in [2.05, 4.69) is 0 Å². The van der Waals surface area contributed by atoms with Crippen LogP contribution >= 0.6 is 0 Å². The van der Waals surface area contributed by atoms with E-state index in [4.69, 9.17) is 141 Å². The minimum absolute atomic E-state index is 0.0305. The third-order valence-corrected chi connectivity index (χ3v) is 9.28. The highest BCUT2D eigenvalue weighted by Gasteiger charge is 2.53.